The monoisotopic (exact) mass is 187 g/mol. The van der Waals surface area contributed by atoms with Gasteiger partial charge in [-0.1, -0.05) is 24.3 Å². The van der Waals surface area contributed by atoms with Crippen LogP contribution in [0.5, 0.6) is 0 Å². The number of benzene rings is 1. The second-order valence-corrected chi connectivity index (χ2v) is 3.52. The summed E-state index contributed by atoms with van der Waals surface area (Å²) >= 11 is 0. The van der Waals surface area contributed by atoms with Crippen molar-refractivity contribution in [2.24, 2.45) is 5.73 Å². The molecule has 0 aliphatic carbocycles. The average molecular weight is 187 g/mol. The molecule has 1 unspecified atom stereocenters. The van der Waals surface area contributed by atoms with E-state index in [1.54, 1.807) is 0 Å². The molecule has 1 heteroatoms. The summed E-state index contributed by atoms with van der Waals surface area (Å²) in [6.07, 6.45) is 1.70. The zero-order valence-electron chi connectivity index (χ0n) is 8.88. The van der Waals surface area contributed by atoms with Gasteiger partial charge >= 0.3 is 0 Å². The summed E-state index contributed by atoms with van der Waals surface area (Å²) in [7, 11) is 0. The molecule has 2 N–H and O–H groups in total. The SMILES string of the molecule is CC#CCC(N)Cc1ccccc1C. The lowest BCUT2D eigenvalue weighted by molar-refractivity contribution is 0.686. The number of nitrogens with two attached hydrogens (primary N) is 1. The number of hydrogen-bond acceptors (Lipinski definition) is 1. The molecule has 1 rings (SSSR count). The smallest absolute Gasteiger partial charge is 0.0244 e. The maximum Gasteiger partial charge on any atom is 0.0244 e. The summed E-state index contributed by atoms with van der Waals surface area (Å²) in [6.45, 7) is 3.97. The fourth-order valence-electron chi connectivity index (χ4n) is 1.43. The van der Waals surface area contributed by atoms with Crippen LogP contribution in [-0.4, -0.2) is 6.04 Å². The Balaban J connectivity index is 2.58. The van der Waals surface area contributed by atoms with Crippen LogP contribution in [0.1, 0.15) is 24.5 Å². The normalized spacial score (nSPS) is 11.6. The van der Waals surface area contributed by atoms with E-state index in [1.807, 2.05) is 6.92 Å². The Kier molecular flexibility index (Phi) is 4.22. The topological polar surface area (TPSA) is 26.0 Å². The van der Waals surface area contributed by atoms with E-state index in [2.05, 4.69) is 43.0 Å². The molecule has 1 aromatic rings. The molecule has 0 bridgehead atoms. The highest BCUT2D eigenvalue weighted by molar-refractivity contribution is 5.26. The predicted molar refractivity (Wildman–Crippen MR) is 60.9 cm³/mol. The van der Waals surface area contributed by atoms with E-state index >= 15 is 0 Å². The van der Waals surface area contributed by atoms with Gasteiger partial charge in [-0.2, -0.15) is 0 Å². The van der Waals surface area contributed by atoms with E-state index in [0.29, 0.717) is 0 Å². The van der Waals surface area contributed by atoms with Gasteiger partial charge in [0.15, 0.2) is 0 Å². The standard InChI is InChI=1S/C13H17N/c1-3-4-9-13(14)10-12-8-6-5-7-11(12)2/h5-8,13H,9-10,14H2,1-2H3. The lowest BCUT2D eigenvalue weighted by atomic mass is 10.0. The summed E-state index contributed by atoms with van der Waals surface area (Å²) in [4.78, 5) is 0. The van der Waals surface area contributed by atoms with Crippen LogP contribution in [0, 0.1) is 18.8 Å². The Morgan fingerprint density at radius 3 is 2.71 bits per heavy atom. The first-order valence-corrected chi connectivity index (χ1v) is 4.93. The van der Waals surface area contributed by atoms with Gasteiger partial charge in [0, 0.05) is 12.5 Å². The van der Waals surface area contributed by atoms with E-state index in [4.69, 9.17) is 5.73 Å². The Bertz CT molecular complexity index is 344. The quantitative estimate of drug-likeness (QED) is 0.722. The Morgan fingerprint density at radius 1 is 1.36 bits per heavy atom. The number of aryl methyl sites for hydroxylation is 1. The number of hydrogen-bond donors (Lipinski definition) is 1. The summed E-state index contributed by atoms with van der Waals surface area (Å²) in [5.74, 6) is 5.88. The van der Waals surface area contributed by atoms with Crippen LogP contribution in [0.3, 0.4) is 0 Å². The van der Waals surface area contributed by atoms with E-state index < -0.39 is 0 Å². The summed E-state index contributed by atoms with van der Waals surface area (Å²) in [6, 6.07) is 8.52. The molecule has 1 aromatic carbocycles. The van der Waals surface area contributed by atoms with E-state index in [9.17, 15) is 0 Å². The summed E-state index contributed by atoms with van der Waals surface area (Å²) in [5.41, 5.74) is 8.60. The van der Waals surface area contributed by atoms with Crippen LogP contribution in [0.25, 0.3) is 0 Å². The van der Waals surface area contributed by atoms with Gasteiger partial charge in [0.25, 0.3) is 0 Å². The van der Waals surface area contributed by atoms with Crippen molar-refractivity contribution in [3.63, 3.8) is 0 Å². The van der Waals surface area contributed by atoms with E-state index in [1.165, 1.54) is 11.1 Å². The molecule has 0 heterocycles. The first-order chi connectivity index (χ1) is 6.74. The van der Waals surface area contributed by atoms with Crippen molar-refractivity contribution in [3.05, 3.63) is 35.4 Å². The average Bonchev–Trinajstić information content (AvgIpc) is 2.18. The lowest BCUT2D eigenvalue weighted by Crippen LogP contribution is -2.22. The summed E-state index contributed by atoms with van der Waals surface area (Å²) in [5, 5.41) is 0. The van der Waals surface area contributed by atoms with Crippen LogP contribution in [0.15, 0.2) is 24.3 Å². The molecule has 1 nitrogen and oxygen atoms in total. The zero-order valence-corrected chi connectivity index (χ0v) is 8.88. The van der Waals surface area contributed by atoms with Crippen LogP contribution >= 0.6 is 0 Å². The minimum Gasteiger partial charge on any atom is -0.327 e. The Labute approximate surface area is 86.3 Å². The maximum atomic E-state index is 5.96. The first kappa shape index (κ1) is 10.8. The second-order valence-electron chi connectivity index (χ2n) is 3.52. The van der Waals surface area contributed by atoms with Gasteiger partial charge in [-0.05, 0) is 31.4 Å². The molecule has 14 heavy (non-hydrogen) atoms. The minimum absolute atomic E-state index is 0.156. The number of rotatable bonds is 3. The van der Waals surface area contributed by atoms with Crippen molar-refractivity contribution >= 4 is 0 Å². The van der Waals surface area contributed by atoms with E-state index in [-0.39, 0.29) is 6.04 Å². The van der Waals surface area contributed by atoms with Gasteiger partial charge in [0.1, 0.15) is 0 Å². The van der Waals surface area contributed by atoms with Gasteiger partial charge < -0.3 is 5.73 Å². The van der Waals surface area contributed by atoms with Crippen LogP contribution in [0.2, 0.25) is 0 Å². The zero-order chi connectivity index (χ0) is 10.4. The van der Waals surface area contributed by atoms with Crippen molar-refractivity contribution in [2.75, 3.05) is 0 Å². The van der Waals surface area contributed by atoms with Crippen molar-refractivity contribution < 1.29 is 0 Å². The highest BCUT2D eigenvalue weighted by Gasteiger charge is 2.03. The highest BCUT2D eigenvalue weighted by atomic mass is 14.6. The van der Waals surface area contributed by atoms with Crippen molar-refractivity contribution in [2.45, 2.75) is 32.7 Å². The Morgan fingerprint density at radius 2 is 2.07 bits per heavy atom. The van der Waals surface area contributed by atoms with Gasteiger partial charge in [-0.25, -0.2) is 0 Å². The van der Waals surface area contributed by atoms with Crippen LogP contribution in [0.4, 0.5) is 0 Å². The van der Waals surface area contributed by atoms with Crippen molar-refractivity contribution in [1.29, 1.82) is 0 Å². The third-order valence-electron chi connectivity index (χ3n) is 2.28. The maximum absolute atomic E-state index is 5.96. The molecule has 74 valence electrons. The molecule has 0 amide bonds. The fourth-order valence-corrected chi connectivity index (χ4v) is 1.43. The van der Waals surface area contributed by atoms with Gasteiger partial charge in [0.2, 0.25) is 0 Å². The largest absolute Gasteiger partial charge is 0.327 e. The molecule has 0 aliphatic heterocycles. The third-order valence-corrected chi connectivity index (χ3v) is 2.28. The van der Waals surface area contributed by atoms with Crippen molar-refractivity contribution in [1.82, 2.24) is 0 Å². The molecule has 0 aromatic heterocycles. The summed E-state index contributed by atoms with van der Waals surface area (Å²) < 4.78 is 0. The fraction of sp³-hybridized carbons (Fsp3) is 0.385. The van der Waals surface area contributed by atoms with Gasteiger partial charge in [-0.3, -0.25) is 0 Å². The molecule has 0 saturated heterocycles. The Hall–Kier alpha value is -1.26. The highest BCUT2D eigenvalue weighted by Crippen LogP contribution is 2.09. The first-order valence-electron chi connectivity index (χ1n) is 4.93. The molecule has 0 fully saturated rings. The lowest BCUT2D eigenvalue weighted by Gasteiger charge is -2.10. The molecule has 0 radical (unpaired) electrons. The van der Waals surface area contributed by atoms with Crippen LogP contribution in [-0.2, 0) is 6.42 Å². The second kappa shape index (κ2) is 5.47. The third kappa shape index (κ3) is 3.24. The van der Waals surface area contributed by atoms with Crippen LogP contribution < -0.4 is 5.73 Å². The molecule has 0 aliphatic rings. The van der Waals surface area contributed by atoms with Gasteiger partial charge in [-0.15, -0.1) is 11.8 Å². The molecular weight excluding hydrogens is 170 g/mol. The predicted octanol–water partition coefficient (Wildman–Crippen LogP) is 2.28. The van der Waals surface area contributed by atoms with E-state index in [0.717, 1.165) is 12.8 Å². The molecule has 1 atom stereocenters. The van der Waals surface area contributed by atoms with Crippen molar-refractivity contribution in [3.8, 4) is 11.8 Å². The molecule has 0 spiro atoms. The minimum atomic E-state index is 0.156. The van der Waals surface area contributed by atoms with Gasteiger partial charge in [0.05, 0.1) is 0 Å². The molecular formula is C13H17N. The molecule has 0 saturated carbocycles.